The van der Waals surface area contributed by atoms with E-state index >= 15 is 0 Å². The predicted molar refractivity (Wildman–Crippen MR) is 85.9 cm³/mol. The highest BCUT2D eigenvalue weighted by atomic mass is 35.5. The topological polar surface area (TPSA) is 20.3 Å². The number of rotatable bonds is 2. The Labute approximate surface area is 134 Å². The summed E-state index contributed by atoms with van der Waals surface area (Å²) < 4.78 is 0. The van der Waals surface area contributed by atoms with Gasteiger partial charge in [-0.1, -0.05) is 53.5 Å². The van der Waals surface area contributed by atoms with Gasteiger partial charge in [0.25, 0.3) is 5.91 Å². The third-order valence-electron chi connectivity index (χ3n) is 3.86. The molecule has 1 aliphatic rings. The summed E-state index contributed by atoms with van der Waals surface area (Å²) >= 11 is 12.1. The maximum atomic E-state index is 12.8. The van der Waals surface area contributed by atoms with Gasteiger partial charge in [0.2, 0.25) is 0 Å². The van der Waals surface area contributed by atoms with Gasteiger partial charge in [-0.3, -0.25) is 4.79 Å². The highest BCUT2D eigenvalue weighted by molar-refractivity contribution is 6.36. The van der Waals surface area contributed by atoms with Crippen LogP contribution in [0, 0.1) is 0 Å². The molecule has 0 aromatic heterocycles. The number of amides is 1. The quantitative estimate of drug-likeness (QED) is 0.765. The lowest BCUT2D eigenvalue weighted by Crippen LogP contribution is -2.30. The van der Waals surface area contributed by atoms with E-state index in [0.717, 1.165) is 19.4 Å². The number of hydrogen-bond acceptors (Lipinski definition) is 1. The van der Waals surface area contributed by atoms with Crippen molar-refractivity contribution < 1.29 is 4.79 Å². The molecule has 0 saturated carbocycles. The Morgan fingerprint density at radius 3 is 2.57 bits per heavy atom. The number of benzene rings is 2. The van der Waals surface area contributed by atoms with Crippen molar-refractivity contribution in [2.75, 3.05) is 6.54 Å². The second kappa shape index (κ2) is 6.08. The number of nitrogens with zero attached hydrogens (tertiary/aromatic N) is 1. The molecular weight excluding hydrogens is 305 g/mol. The van der Waals surface area contributed by atoms with Crippen LogP contribution in [0.1, 0.15) is 34.8 Å². The van der Waals surface area contributed by atoms with Crippen LogP contribution in [-0.2, 0) is 0 Å². The van der Waals surface area contributed by atoms with Crippen LogP contribution in [0.4, 0.5) is 0 Å². The third-order valence-corrected chi connectivity index (χ3v) is 4.41. The summed E-state index contributed by atoms with van der Waals surface area (Å²) in [6.07, 6.45) is 2.00. The van der Waals surface area contributed by atoms with Crippen molar-refractivity contribution in [3.63, 3.8) is 0 Å². The van der Waals surface area contributed by atoms with Gasteiger partial charge in [-0.25, -0.2) is 0 Å². The minimum Gasteiger partial charge on any atom is -0.332 e. The van der Waals surface area contributed by atoms with Crippen LogP contribution in [0.2, 0.25) is 10.0 Å². The minimum absolute atomic E-state index is 0.0250. The molecule has 1 amide bonds. The van der Waals surface area contributed by atoms with Gasteiger partial charge in [0, 0.05) is 11.6 Å². The third kappa shape index (κ3) is 2.92. The number of likely N-dealkylation sites (tertiary alicyclic amines) is 1. The van der Waals surface area contributed by atoms with Crippen LogP contribution < -0.4 is 0 Å². The van der Waals surface area contributed by atoms with Crippen molar-refractivity contribution in [3.05, 3.63) is 69.7 Å². The van der Waals surface area contributed by atoms with Gasteiger partial charge in [-0.05, 0) is 36.6 Å². The molecule has 1 aliphatic heterocycles. The molecule has 0 N–H and O–H groups in total. The zero-order valence-electron chi connectivity index (χ0n) is 11.4. The smallest absolute Gasteiger partial charge is 0.255 e. The zero-order valence-corrected chi connectivity index (χ0v) is 12.9. The van der Waals surface area contributed by atoms with E-state index in [2.05, 4.69) is 12.1 Å². The van der Waals surface area contributed by atoms with Gasteiger partial charge in [0.1, 0.15) is 0 Å². The van der Waals surface area contributed by atoms with E-state index in [0.29, 0.717) is 15.6 Å². The van der Waals surface area contributed by atoms with Crippen LogP contribution in [0.25, 0.3) is 0 Å². The molecule has 0 bridgehead atoms. The Bertz CT molecular complexity index is 657. The second-order valence-corrected chi connectivity index (χ2v) is 6.04. The van der Waals surface area contributed by atoms with Gasteiger partial charge in [0.15, 0.2) is 0 Å². The summed E-state index contributed by atoms with van der Waals surface area (Å²) in [6, 6.07) is 15.3. The first-order chi connectivity index (χ1) is 10.2. The maximum absolute atomic E-state index is 12.8. The van der Waals surface area contributed by atoms with Gasteiger partial charge < -0.3 is 4.90 Å². The molecule has 1 atom stereocenters. The van der Waals surface area contributed by atoms with Crippen molar-refractivity contribution in [3.8, 4) is 0 Å². The molecule has 108 valence electrons. The molecular formula is C17H15Cl2NO. The van der Waals surface area contributed by atoms with Crippen molar-refractivity contribution >= 4 is 29.1 Å². The van der Waals surface area contributed by atoms with Gasteiger partial charge >= 0.3 is 0 Å². The summed E-state index contributed by atoms with van der Waals surface area (Å²) in [5.41, 5.74) is 1.69. The summed E-state index contributed by atoms with van der Waals surface area (Å²) in [5.74, 6) is -0.0250. The number of halogens is 2. The number of carbonyl (C=O) groups excluding carboxylic acids is 1. The zero-order chi connectivity index (χ0) is 14.8. The average Bonchev–Trinajstić information content (AvgIpc) is 2.97. The highest BCUT2D eigenvalue weighted by Crippen LogP contribution is 2.34. The van der Waals surface area contributed by atoms with Crippen LogP contribution in [0.15, 0.2) is 48.5 Å². The van der Waals surface area contributed by atoms with E-state index in [1.165, 1.54) is 5.56 Å². The monoisotopic (exact) mass is 319 g/mol. The van der Waals surface area contributed by atoms with Crippen LogP contribution in [0.5, 0.6) is 0 Å². The fraction of sp³-hybridized carbons (Fsp3) is 0.235. The summed E-state index contributed by atoms with van der Waals surface area (Å²) in [5, 5.41) is 0.948. The van der Waals surface area contributed by atoms with Crippen LogP contribution in [0.3, 0.4) is 0 Å². The van der Waals surface area contributed by atoms with Crippen LogP contribution in [-0.4, -0.2) is 17.4 Å². The van der Waals surface area contributed by atoms with E-state index < -0.39 is 0 Å². The van der Waals surface area contributed by atoms with E-state index in [1.807, 2.05) is 23.1 Å². The molecule has 2 nitrogen and oxygen atoms in total. The lowest BCUT2D eigenvalue weighted by atomic mass is 10.0. The normalized spacial score (nSPS) is 18.0. The van der Waals surface area contributed by atoms with Gasteiger partial charge in [-0.15, -0.1) is 0 Å². The first-order valence-electron chi connectivity index (χ1n) is 6.98. The van der Waals surface area contributed by atoms with Crippen molar-refractivity contribution in [2.24, 2.45) is 0 Å². The van der Waals surface area contributed by atoms with Gasteiger partial charge in [0.05, 0.1) is 16.6 Å². The molecule has 0 unspecified atom stereocenters. The molecule has 0 radical (unpaired) electrons. The molecule has 0 aliphatic carbocycles. The first kappa shape index (κ1) is 14.4. The Morgan fingerprint density at radius 2 is 1.86 bits per heavy atom. The number of hydrogen-bond donors (Lipinski definition) is 0. The molecule has 0 spiro atoms. The largest absolute Gasteiger partial charge is 0.332 e. The Morgan fingerprint density at radius 1 is 1.10 bits per heavy atom. The maximum Gasteiger partial charge on any atom is 0.255 e. The molecule has 21 heavy (non-hydrogen) atoms. The fourth-order valence-corrected chi connectivity index (χ4v) is 3.34. The molecule has 2 aromatic carbocycles. The minimum atomic E-state index is -0.0250. The van der Waals surface area contributed by atoms with E-state index in [9.17, 15) is 4.79 Å². The summed E-state index contributed by atoms with van der Waals surface area (Å²) in [7, 11) is 0. The Kier molecular flexibility index (Phi) is 4.18. The van der Waals surface area contributed by atoms with Crippen molar-refractivity contribution in [1.29, 1.82) is 0 Å². The summed E-state index contributed by atoms with van der Waals surface area (Å²) in [6.45, 7) is 0.761. The lowest BCUT2D eigenvalue weighted by Gasteiger charge is -2.25. The molecule has 1 heterocycles. The Hall–Kier alpha value is -1.51. The first-order valence-corrected chi connectivity index (χ1v) is 7.73. The fourth-order valence-electron chi connectivity index (χ4n) is 2.85. The second-order valence-electron chi connectivity index (χ2n) is 5.19. The average molecular weight is 320 g/mol. The molecule has 3 rings (SSSR count). The predicted octanol–water partition coefficient (Wildman–Crippen LogP) is 4.97. The molecule has 2 aromatic rings. The van der Waals surface area contributed by atoms with Gasteiger partial charge in [-0.2, -0.15) is 0 Å². The molecule has 1 fully saturated rings. The highest BCUT2D eigenvalue weighted by Gasteiger charge is 2.31. The van der Waals surface area contributed by atoms with Crippen molar-refractivity contribution in [2.45, 2.75) is 18.9 Å². The number of carbonyl (C=O) groups is 1. The molecule has 1 saturated heterocycles. The lowest BCUT2D eigenvalue weighted by molar-refractivity contribution is 0.0736. The Balaban J connectivity index is 1.90. The van der Waals surface area contributed by atoms with E-state index in [1.54, 1.807) is 18.2 Å². The SMILES string of the molecule is O=C(c1ccc(Cl)cc1Cl)N1CCC[C@@H]1c1ccccc1. The van der Waals surface area contributed by atoms with Crippen LogP contribution >= 0.6 is 23.2 Å². The van der Waals surface area contributed by atoms with Crippen molar-refractivity contribution in [1.82, 2.24) is 4.90 Å². The molecule has 4 heteroatoms. The summed E-state index contributed by atoms with van der Waals surface area (Å²) in [4.78, 5) is 14.7. The van der Waals surface area contributed by atoms with E-state index in [4.69, 9.17) is 23.2 Å². The standard InChI is InChI=1S/C17H15Cl2NO/c18-13-8-9-14(15(19)11-13)17(21)20-10-4-7-16(20)12-5-2-1-3-6-12/h1-3,5-6,8-9,11,16H,4,7,10H2/t16-/m1/s1. The van der Waals surface area contributed by atoms with E-state index in [-0.39, 0.29) is 11.9 Å².